The van der Waals surface area contributed by atoms with E-state index in [0.29, 0.717) is 34.9 Å². The van der Waals surface area contributed by atoms with E-state index in [-0.39, 0.29) is 24.8 Å². The maximum atomic E-state index is 12.9. The highest BCUT2D eigenvalue weighted by Crippen LogP contribution is 2.55. The van der Waals surface area contributed by atoms with E-state index in [9.17, 15) is 13.2 Å². The van der Waals surface area contributed by atoms with Crippen LogP contribution in [0.2, 0.25) is 0 Å². The van der Waals surface area contributed by atoms with Gasteiger partial charge in [-0.2, -0.15) is 0 Å². The van der Waals surface area contributed by atoms with Crippen molar-refractivity contribution in [3.8, 4) is 11.5 Å². The molecule has 1 N–H and O–H groups in total. The van der Waals surface area contributed by atoms with Gasteiger partial charge in [-0.1, -0.05) is 0 Å². The number of amides is 1. The molecule has 0 aromatic heterocycles. The summed E-state index contributed by atoms with van der Waals surface area (Å²) in [6.07, 6.45) is 8.11. The van der Waals surface area contributed by atoms with Gasteiger partial charge in [0.25, 0.3) is 0 Å². The van der Waals surface area contributed by atoms with Crippen molar-refractivity contribution >= 4 is 21.6 Å². The second-order valence-electron chi connectivity index (χ2n) is 9.05. The van der Waals surface area contributed by atoms with E-state index in [1.54, 1.807) is 18.2 Å². The zero-order valence-electron chi connectivity index (χ0n) is 16.0. The molecule has 4 fully saturated rings. The van der Waals surface area contributed by atoms with E-state index in [1.807, 2.05) is 0 Å². The van der Waals surface area contributed by atoms with E-state index >= 15 is 0 Å². The summed E-state index contributed by atoms with van der Waals surface area (Å²) in [6.45, 7) is -0.107. The fraction of sp³-hybridized carbons (Fsp3) is 0.650. The molecular weight excluding hydrogens is 380 g/mol. The minimum atomic E-state index is -3.62. The van der Waals surface area contributed by atoms with Gasteiger partial charge in [0.1, 0.15) is 6.54 Å². The Labute approximate surface area is 165 Å². The summed E-state index contributed by atoms with van der Waals surface area (Å²) < 4.78 is 36.6. The predicted molar refractivity (Wildman–Crippen MR) is 104 cm³/mol. The first-order valence-corrected chi connectivity index (χ1v) is 11.8. The van der Waals surface area contributed by atoms with Gasteiger partial charge in [0.15, 0.2) is 11.5 Å². The Bertz CT molecular complexity index is 878. The quantitative estimate of drug-likeness (QED) is 0.811. The van der Waals surface area contributed by atoms with Crippen LogP contribution in [-0.4, -0.2) is 39.5 Å². The minimum absolute atomic E-state index is 0.115. The Morgan fingerprint density at radius 3 is 2.32 bits per heavy atom. The number of carbonyl (C=O) groups excluding carboxylic acids is 1. The zero-order valence-corrected chi connectivity index (χ0v) is 16.8. The third-order valence-corrected chi connectivity index (χ3v) is 7.92. The summed E-state index contributed by atoms with van der Waals surface area (Å²) in [5, 5.41) is 3.25. The summed E-state index contributed by atoms with van der Waals surface area (Å²) in [5.74, 6) is 2.98. The van der Waals surface area contributed by atoms with Crippen LogP contribution in [0, 0.1) is 17.8 Å². The molecule has 1 heterocycles. The monoisotopic (exact) mass is 406 g/mol. The van der Waals surface area contributed by atoms with E-state index in [4.69, 9.17) is 9.47 Å². The third-order valence-electron chi connectivity index (χ3n) is 6.77. The Morgan fingerprint density at radius 2 is 1.71 bits per heavy atom. The molecule has 8 heteroatoms. The second-order valence-corrected chi connectivity index (χ2v) is 11.0. The molecule has 0 spiro atoms. The van der Waals surface area contributed by atoms with Gasteiger partial charge in [-0.15, -0.1) is 0 Å². The van der Waals surface area contributed by atoms with Crippen molar-refractivity contribution in [1.29, 1.82) is 0 Å². The maximum Gasteiger partial charge on any atom is 0.241 e. The average Bonchev–Trinajstić information content (AvgIpc) is 3.04. The highest BCUT2D eigenvalue weighted by molar-refractivity contribution is 7.92. The van der Waals surface area contributed by atoms with Crippen LogP contribution in [0.1, 0.15) is 38.5 Å². The Balaban J connectivity index is 1.34. The summed E-state index contributed by atoms with van der Waals surface area (Å²) in [5.41, 5.74) is 0.275. The molecule has 4 bridgehead atoms. The van der Waals surface area contributed by atoms with Crippen molar-refractivity contribution in [1.82, 2.24) is 5.32 Å². The lowest BCUT2D eigenvalue weighted by Crippen LogP contribution is -2.61. The van der Waals surface area contributed by atoms with Crippen molar-refractivity contribution in [2.75, 3.05) is 23.9 Å². The lowest BCUT2D eigenvalue weighted by atomic mass is 9.53. The minimum Gasteiger partial charge on any atom is -0.454 e. The molecule has 0 unspecified atom stereocenters. The van der Waals surface area contributed by atoms with Gasteiger partial charge in [0.05, 0.1) is 11.9 Å². The molecule has 0 radical (unpaired) electrons. The van der Waals surface area contributed by atoms with Crippen LogP contribution >= 0.6 is 0 Å². The lowest BCUT2D eigenvalue weighted by molar-refractivity contribution is -0.125. The number of hydrogen-bond acceptors (Lipinski definition) is 5. The first kappa shape index (κ1) is 18.1. The Morgan fingerprint density at radius 1 is 1.11 bits per heavy atom. The van der Waals surface area contributed by atoms with Crippen LogP contribution in [-0.2, 0) is 14.8 Å². The van der Waals surface area contributed by atoms with Gasteiger partial charge in [0, 0.05) is 11.6 Å². The molecular formula is C20H26N2O5S. The number of sulfonamides is 1. The van der Waals surface area contributed by atoms with Crippen molar-refractivity contribution in [3.05, 3.63) is 18.2 Å². The molecule has 28 heavy (non-hydrogen) atoms. The second kappa shape index (κ2) is 6.27. The average molecular weight is 407 g/mol. The van der Waals surface area contributed by atoms with E-state index in [2.05, 4.69) is 5.32 Å². The van der Waals surface area contributed by atoms with Crippen molar-refractivity contribution in [3.63, 3.8) is 0 Å². The van der Waals surface area contributed by atoms with Crippen LogP contribution in [0.25, 0.3) is 0 Å². The molecule has 1 aromatic carbocycles. The first-order chi connectivity index (χ1) is 13.3. The normalized spacial score (nSPS) is 32.4. The van der Waals surface area contributed by atoms with Crippen molar-refractivity contribution < 1.29 is 22.7 Å². The molecule has 1 aliphatic heterocycles. The standard InChI is InChI=1S/C20H26N2O5S/c1-28(24,25)22(16-2-3-17-18(7-16)27-12-26-17)11-19(23)21-20-8-13-4-14(9-20)6-15(5-13)10-20/h2-3,7,13-15H,4-6,8-12H2,1H3,(H,21,23). The summed E-state index contributed by atoms with van der Waals surface area (Å²) in [6, 6.07) is 4.93. The van der Waals surface area contributed by atoms with Crippen LogP contribution in [0.15, 0.2) is 18.2 Å². The predicted octanol–water partition coefficient (Wildman–Crippen LogP) is 2.27. The number of fused-ring (bicyclic) bond motifs is 1. The van der Waals surface area contributed by atoms with E-state index < -0.39 is 10.0 Å². The van der Waals surface area contributed by atoms with Gasteiger partial charge in [-0.25, -0.2) is 8.42 Å². The first-order valence-electron chi connectivity index (χ1n) is 9.98. The highest BCUT2D eigenvalue weighted by Gasteiger charge is 2.51. The largest absolute Gasteiger partial charge is 0.454 e. The molecule has 5 aliphatic rings. The van der Waals surface area contributed by atoms with Gasteiger partial charge >= 0.3 is 0 Å². The third kappa shape index (κ3) is 3.21. The van der Waals surface area contributed by atoms with E-state index in [0.717, 1.165) is 29.8 Å². The summed E-state index contributed by atoms with van der Waals surface area (Å²) in [4.78, 5) is 12.9. The van der Waals surface area contributed by atoms with Crippen LogP contribution in [0.3, 0.4) is 0 Å². The van der Waals surface area contributed by atoms with Crippen LogP contribution in [0.4, 0.5) is 5.69 Å². The molecule has 7 nitrogen and oxygen atoms in total. The SMILES string of the molecule is CS(=O)(=O)N(CC(=O)NC12CC3CC(CC(C3)C1)C2)c1ccc2c(c1)OCO2. The number of anilines is 1. The Hall–Kier alpha value is -1.96. The highest BCUT2D eigenvalue weighted by atomic mass is 32.2. The van der Waals surface area contributed by atoms with Gasteiger partial charge in [-0.05, 0) is 68.4 Å². The Kier molecular flexibility index (Phi) is 4.05. The number of ether oxygens (including phenoxy) is 2. The molecule has 1 aromatic rings. The number of carbonyl (C=O) groups is 1. The fourth-order valence-electron chi connectivity index (χ4n) is 6.17. The molecule has 6 rings (SSSR count). The van der Waals surface area contributed by atoms with Gasteiger partial charge in [-0.3, -0.25) is 9.10 Å². The van der Waals surface area contributed by atoms with Crippen molar-refractivity contribution in [2.24, 2.45) is 17.8 Å². The lowest BCUT2D eigenvalue weighted by Gasteiger charge is -2.57. The molecule has 1 amide bonds. The maximum absolute atomic E-state index is 12.9. The number of rotatable bonds is 5. The molecule has 0 saturated heterocycles. The number of benzene rings is 1. The smallest absolute Gasteiger partial charge is 0.241 e. The molecule has 152 valence electrons. The van der Waals surface area contributed by atoms with Crippen LogP contribution < -0.4 is 19.1 Å². The van der Waals surface area contributed by atoms with Gasteiger partial charge in [0.2, 0.25) is 22.7 Å². The van der Waals surface area contributed by atoms with Crippen molar-refractivity contribution in [2.45, 2.75) is 44.1 Å². The summed E-state index contributed by atoms with van der Waals surface area (Å²) in [7, 11) is -3.62. The molecule has 0 atom stereocenters. The number of hydrogen-bond donors (Lipinski definition) is 1. The van der Waals surface area contributed by atoms with Crippen LogP contribution in [0.5, 0.6) is 11.5 Å². The zero-order chi connectivity index (χ0) is 19.5. The van der Waals surface area contributed by atoms with E-state index in [1.165, 1.54) is 19.3 Å². The summed E-state index contributed by atoms with van der Waals surface area (Å²) >= 11 is 0. The topological polar surface area (TPSA) is 84.9 Å². The number of nitrogens with one attached hydrogen (secondary N) is 1. The molecule has 4 saturated carbocycles. The fourth-order valence-corrected chi connectivity index (χ4v) is 7.02. The van der Waals surface area contributed by atoms with Gasteiger partial charge < -0.3 is 14.8 Å². The molecule has 4 aliphatic carbocycles. The number of nitrogens with zero attached hydrogens (tertiary/aromatic N) is 1.